The van der Waals surface area contributed by atoms with E-state index >= 15 is 0 Å². The lowest BCUT2D eigenvalue weighted by Crippen LogP contribution is -2.26. The normalized spacial score (nSPS) is 14.0. The molecule has 11 rings (SSSR count). The fourth-order valence-electron chi connectivity index (χ4n) is 19.0. The molecule has 0 unspecified atom stereocenters. The molecule has 101 heavy (non-hydrogen) atoms. The van der Waals surface area contributed by atoms with Crippen molar-refractivity contribution < 1.29 is 0 Å². The molecule has 2 heteroatoms. The van der Waals surface area contributed by atoms with Gasteiger partial charge in [-0.3, -0.25) is 0 Å². The molecule has 2 N–H and O–H groups in total. The molecule has 0 saturated carbocycles. The summed E-state index contributed by atoms with van der Waals surface area (Å²) in [5.41, 5.74) is 28.5. The van der Waals surface area contributed by atoms with E-state index < -0.39 is 0 Å². The lowest BCUT2D eigenvalue weighted by atomic mass is 9.69. The molecule has 0 bridgehead atoms. The summed E-state index contributed by atoms with van der Waals surface area (Å²) in [7, 11) is 0. The maximum atomic E-state index is 3.87. The van der Waals surface area contributed by atoms with Crippen LogP contribution in [-0.2, 0) is 16.2 Å². The van der Waals surface area contributed by atoms with E-state index in [0.717, 1.165) is 11.4 Å². The molecule has 0 spiro atoms. The quantitative estimate of drug-likeness (QED) is 0.0372. The highest BCUT2D eigenvalue weighted by atomic mass is 14.9. The first-order valence-electron chi connectivity index (χ1n) is 42.4. The molecule has 0 fully saturated rings. The van der Waals surface area contributed by atoms with E-state index in [2.05, 4.69) is 222 Å². The Hall–Kier alpha value is -6.64. The number of nitrogens with one attached hydrogen (secondary N) is 2. The molecule has 0 aromatic heterocycles. The molecular formula is C99H132N2. The maximum Gasteiger partial charge on any atom is 0.0387 e. The first-order valence-corrected chi connectivity index (χ1v) is 42.4. The van der Waals surface area contributed by atoms with Gasteiger partial charge in [-0.2, -0.15) is 0 Å². The molecule has 3 aliphatic carbocycles. The van der Waals surface area contributed by atoms with E-state index in [4.69, 9.17) is 0 Å². The minimum atomic E-state index is -0.0743. The Bertz CT molecular complexity index is 3510. The largest absolute Gasteiger partial charge is 0.356 e. The van der Waals surface area contributed by atoms with Gasteiger partial charge in [0.25, 0.3) is 0 Å². The van der Waals surface area contributed by atoms with Crippen LogP contribution >= 0.6 is 0 Å². The van der Waals surface area contributed by atoms with Crippen LogP contribution < -0.4 is 10.6 Å². The second kappa shape index (κ2) is 38.8. The molecule has 0 heterocycles. The Balaban J connectivity index is 1.02. The molecular weight excluding hydrogens is 1220 g/mol. The number of para-hydroxylation sites is 2. The molecule has 0 radical (unpaired) electrons. The molecule has 0 amide bonds. The molecule has 0 saturated heterocycles. The third-order valence-electron chi connectivity index (χ3n) is 24.6. The van der Waals surface area contributed by atoms with E-state index in [1.54, 1.807) is 33.4 Å². The zero-order valence-corrected chi connectivity index (χ0v) is 64.4. The van der Waals surface area contributed by atoms with Crippen LogP contribution in [0.3, 0.4) is 0 Å². The van der Waals surface area contributed by atoms with Gasteiger partial charge in [-0.1, -0.05) is 370 Å². The van der Waals surface area contributed by atoms with Gasteiger partial charge < -0.3 is 10.6 Å². The Morgan fingerprint density at radius 2 is 0.386 bits per heavy atom. The summed E-state index contributed by atoms with van der Waals surface area (Å²) in [6, 6.07) is 68.1. The highest BCUT2D eigenvalue weighted by Gasteiger charge is 2.46. The lowest BCUT2D eigenvalue weighted by Gasteiger charge is -2.34. The Morgan fingerprint density at radius 3 is 0.614 bits per heavy atom. The summed E-state index contributed by atoms with van der Waals surface area (Å²) < 4.78 is 0. The number of hydrogen-bond donors (Lipinski definition) is 2. The van der Waals surface area contributed by atoms with Gasteiger partial charge in [0.15, 0.2) is 0 Å². The standard InChI is InChI=1S/C99H132N2/c1-7-13-19-25-31-43-65-97(66-44-32-26-20-14-8-2)91-71-77(79-55-61-87-89-63-57-83(100-81-49-39-37-40-50-81)75-95(89)98(93(87)73-79,67-45-33-27-21-15-9-3)68-46-34-28-22-16-10-4)53-59-85(91)86-60-54-78(72-92(86)97)80-56-62-88-90-64-58-84(101-82-51-41-38-42-52-82)76-96(90)99(94(88)74-80,69-47-35-29-23-17-11-5)70-48-36-30-24-18-12-6/h37-42,49-64,71-76,100-101H,7-36,43-48,65-70H2,1-6H3. The van der Waals surface area contributed by atoms with Crippen molar-refractivity contribution in [2.75, 3.05) is 10.6 Å². The monoisotopic (exact) mass is 1350 g/mol. The second-order valence-electron chi connectivity index (χ2n) is 31.9. The fourth-order valence-corrected chi connectivity index (χ4v) is 19.0. The lowest BCUT2D eigenvalue weighted by molar-refractivity contribution is 0.397. The van der Waals surface area contributed by atoms with Crippen molar-refractivity contribution >= 4 is 22.7 Å². The van der Waals surface area contributed by atoms with Gasteiger partial charge in [0.2, 0.25) is 0 Å². The van der Waals surface area contributed by atoms with Gasteiger partial charge in [0, 0.05) is 39.0 Å². The summed E-state index contributed by atoms with van der Waals surface area (Å²) in [6.45, 7) is 14.2. The van der Waals surface area contributed by atoms with Crippen molar-refractivity contribution in [3.05, 3.63) is 203 Å². The SMILES string of the molecule is CCCCCCCCC1(CCCCCCCC)c2cc(Nc3ccccc3)ccc2-c2ccc(-c3ccc4c(c3)C(CCCCCCCC)(CCCCCCCC)c3cc(-c5ccc6c(c5)C(CCCCCCCC)(CCCCCCCC)c5cc(Nc7ccccc7)ccc5-6)ccc3-4)cc21. The second-order valence-corrected chi connectivity index (χ2v) is 31.9. The molecule has 2 nitrogen and oxygen atoms in total. The molecule has 8 aromatic carbocycles. The van der Waals surface area contributed by atoms with Gasteiger partial charge in [-0.15, -0.1) is 0 Å². The van der Waals surface area contributed by atoms with Gasteiger partial charge >= 0.3 is 0 Å². The van der Waals surface area contributed by atoms with E-state index in [1.807, 2.05) is 0 Å². The number of rotatable bonds is 48. The van der Waals surface area contributed by atoms with Crippen molar-refractivity contribution in [1.29, 1.82) is 0 Å². The summed E-state index contributed by atoms with van der Waals surface area (Å²) in [4.78, 5) is 0. The highest BCUT2D eigenvalue weighted by Crippen LogP contribution is 2.60. The summed E-state index contributed by atoms with van der Waals surface area (Å²) in [5, 5.41) is 7.74. The fraction of sp³-hybridized carbons (Fsp3) is 0.515. The minimum absolute atomic E-state index is 0.0434. The first-order chi connectivity index (χ1) is 49.8. The Morgan fingerprint density at radius 1 is 0.188 bits per heavy atom. The molecule has 538 valence electrons. The summed E-state index contributed by atoms with van der Waals surface area (Å²) in [5.74, 6) is 0. The van der Waals surface area contributed by atoms with Crippen LogP contribution in [0.2, 0.25) is 0 Å². The van der Waals surface area contributed by atoms with Crippen molar-refractivity contribution in [2.24, 2.45) is 0 Å². The van der Waals surface area contributed by atoms with Crippen molar-refractivity contribution in [2.45, 2.75) is 327 Å². The van der Waals surface area contributed by atoms with Crippen LogP contribution in [0.25, 0.3) is 55.6 Å². The van der Waals surface area contributed by atoms with Crippen LogP contribution in [0.15, 0.2) is 170 Å². The van der Waals surface area contributed by atoms with Gasteiger partial charge in [0.05, 0.1) is 0 Å². The van der Waals surface area contributed by atoms with Gasteiger partial charge in [0.1, 0.15) is 0 Å². The van der Waals surface area contributed by atoms with E-state index in [0.29, 0.717) is 0 Å². The predicted octanol–water partition coefficient (Wildman–Crippen LogP) is 31.8. The van der Waals surface area contributed by atoms with Crippen molar-refractivity contribution in [3.8, 4) is 55.6 Å². The average molecular weight is 1350 g/mol. The van der Waals surface area contributed by atoms with E-state index in [1.165, 1.54) is 337 Å². The topological polar surface area (TPSA) is 24.1 Å². The summed E-state index contributed by atoms with van der Waals surface area (Å²) in [6.07, 6.45) is 54.6. The maximum absolute atomic E-state index is 3.87. The Labute approximate surface area is 616 Å². The molecule has 8 aromatic rings. The Kier molecular flexibility index (Phi) is 29.0. The summed E-state index contributed by atoms with van der Waals surface area (Å²) >= 11 is 0. The smallest absolute Gasteiger partial charge is 0.0387 e. The van der Waals surface area contributed by atoms with Crippen LogP contribution in [0, 0.1) is 0 Å². The number of unbranched alkanes of at least 4 members (excludes halogenated alkanes) is 30. The van der Waals surface area contributed by atoms with Crippen LogP contribution in [0.5, 0.6) is 0 Å². The van der Waals surface area contributed by atoms with Gasteiger partial charge in [-0.25, -0.2) is 0 Å². The number of fused-ring (bicyclic) bond motifs is 9. The molecule has 0 atom stereocenters. The third-order valence-corrected chi connectivity index (χ3v) is 24.6. The van der Waals surface area contributed by atoms with Crippen LogP contribution in [-0.4, -0.2) is 0 Å². The first kappa shape index (κ1) is 75.5. The third kappa shape index (κ3) is 18.5. The van der Waals surface area contributed by atoms with Crippen LogP contribution in [0.4, 0.5) is 22.7 Å². The zero-order valence-electron chi connectivity index (χ0n) is 64.4. The predicted molar refractivity (Wildman–Crippen MR) is 443 cm³/mol. The van der Waals surface area contributed by atoms with Crippen molar-refractivity contribution in [1.82, 2.24) is 0 Å². The van der Waals surface area contributed by atoms with Crippen LogP contribution in [0.1, 0.15) is 345 Å². The average Bonchev–Trinajstić information content (AvgIpc) is 1.57. The number of benzene rings is 8. The zero-order chi connectivity index (χ0) is 70.0. The number of anilines is 4. The van der Waals surface area contributed by atoms with E-state index in [-0.39, 0.29) is 16.2 Å². The number of hydrogen-bond acceptors (Lipinski definition) is 2. The molecule has 0 aliphatic heterocycles. The minimum Gasteiger partial charge on any atom is -0.356 e. The molecule has 3 aliphatic rings. The van der Waals surface area contributed by atoms with Crippen molar-refractivity contribution in [3.63, 3.8) is 0 Å². The van der Waals surface area contributed by atoms with Gasteiger partial charge in [-0.05, 0) is 200 Å². The highest BCUT2D eigenvalue weighted by molar-refractivity contribution is 5.91. The van der Waals surface area contributed by atoms with E-state index in [9.17, 15) is 0 Å².